The van der Waals surface area contributed by atoms with E-state index in [4.69, 9.17) is 0 Å². The molecule has 0 saturated carbocycles. The second-order valence-corrected chi connectivity index (χ2v) is 7.83. The fourth-order valence-electron chi connectivity index (χ4n) is 4.97. The van der Waals surface area contributed by atoms with Crippen LogP contribution in [0.1, 0.15) is 19.4 Å². The molecule has 154 valence electrons. The maximum Gasteiger partial charge on any atom is 0.0524 e. The van der Waals surface area contributed by atoms with Crippen LogP contribution >= 0.6 is 0 Å². The summed E-state index contributed by atoms with van der Waals surface area (Å²) in [6, 6.07) is 32.4. The number of hydrogen-bond donors (Lipinski definition) is 0. The summed E-state index contributed by atoms with van der Waals surface area (Å²) in [5, 5.41) is 5.49. The van der Waals surface area contributed by atoms with Crippen LogP contribution in [0.3, 0.4) is 0 Å². The van der Waals surface area contributed by atoms with Crippen LogP contribution in [0.5, 0.6) is 0 Å². The Kier molecular flexibility index (Phi) is 4.99. The number of para-hydroxylation sites is 4. The molecule has 31 heavy (non-hydrogen) atoms. The molecule has 0 saturated heterocycles. The summed E-state index contributed by atoms with van der Waals surface area (Å²) in [7, 11) is 2.12. The summed E-state index contributed by atoms with van der Waals surface area (Å²) in [5.74, 6) is 0. The maximum atomic E-state index is 2.46. The minimum Gasteiger partial charge on any atom is -0.344 e. The Hall–Kier alpha value is -3.52. The summed E-state index contributed by atoms with van der Waals surface area (Å²) in [6.45, 7) is 5.14. The molecule has 1 aliphatic heterocycles. The third-order valence-electron chi connectivity index (χ3n) is 6.30. The molecular formula is C29H28N2. The van der Waals surface area contributed by atoms with Crippen LogP contribution in [0.25, 0.3) is 43.6 Å². The third kappa shape index (κ3) is 3.02. The molecule has 0 amide bonds. The summed E-state index contributed by atoms with van der Waals surface area (Å²) in [6.07, 6.45) is 1.19. The van der Waals surface area contributed by atoms with Crippen molar-refractivity contribution >= 4 is 43.6 Å². The van der Waals surface area contributed by atoms with Crippen LogP contribution in [0.2, 0.25) is 0 Å². The monoisotopic (exact) mass is 404 g/mol. The highest BCUT2D eigenvalue weighted by Crippen LogP contribution is 2.34. The van der Waals surface area contributed by atoms with Gasteiger partial charge in [-0.1, -0.05) is 86.6 Å². The van der Waals surface area contributed by atoms with Crippen molar-refractivity contribution in [2.45, 2.75) is 26.8 Å². The predicted octanol–water partition coefficient (Wildman–Crippen LogP) is 7.71. The molecule has 4 aromatic carbocycles. The van der Waals surface area contributed by atoms with Gasteiger partial charge in [0.25, 0.3) is 0 Å². The molecular weight excluding hydrogens is 376 g/mol. The SMILES string of the molecule is CC.Cn1c2ccccc2c2ccccc21.c1ccc2c(c1)c1cccc3c1n2CC3. The number of aromatic nitrogens is 2. The molecule has 0 spiro atoms. The first-order valence-corrected chi connectivity index (χ1v) is 11.2. The smallest absolute Gasteiger partial charge is 0.0524 e. The van der Waals surface area contributed by atoms with Crippen molar-refractivity contribution in [3.05, 3.63) is 96.6 Å². The highest BCUT2D eigenvalue weighted by molar-refractivity contribution is 6.09. The van der Waals surface area contributed by atoms with E-state index in [0.29, 0.717) is 0 Å². The molecule has 1 aliphatic rings. The number of benzene rings is 4. The number of aryl methyl sites for hydroxylation is 3. The number of rotatable bonds is 0. The topological polar surface area (TPSA) is 9.86 Å². The van der Waals surface area contributed by atoms with E-state index in [2.05, 4.69) is 107 Å². The standard InChI is InChI=1S/C14H11N.C13H11N.C2H6/c1-2-7-13-11(5-1)12-6-3-4-10-8-9-15(13)14(10)12;1-14-12-8-4-2-6-10(12)11-7-3-5-9-13(11)14;1-2/h1-7H,8-9H2;2-9H,1H3;1-2H3. The summed E-state index contributed by atoms with van der Waals surface area (Å²) in [4.78, 5) is 0. The summed E-state index contributed by atoms with van der Waals surface area (Å²) >= 11 is 0. The van der Waals surface area contributed by atoms with Gasteiger partial charge in [0.05, 0.1) is 5.52 Å². The molecule has 6 aromatic rings. The van der Waals surface area contributed by atoms with Gasteiger partial charge >= 0.3 is 0 Å². The molecule has 7 rings (SSSR count). The average molecular weight is 405 g/mol. The third-order valence-corrected chi connectivity index (χ3v) is 6.30. The van der Waals surface area contributed by atoms with Gasteiger partial charge in [-0.15, -0.1) is 0 Å². The van der Waals surface area contributed by atoms with Crippen molar-refractivity contribution < 1.29 is 0 Å². The van der Waals surface area contributed by atoms with E-state index in [1.165, 1.54) is 55.6 Å². The molecule has 0 atom stereocenters. The highest BCUT2D eigenvalue weighted by Gasteiger charge is 2.17. The van der Waals surface area contributed by atoms with Gasteiger partial charge in [0.15, 0.2) is 0 Å². The van der Waals surface area contributed by atoms with Gasteiger partial charge in [-0.25, -0.2) is 0 Å². The Morgan fingerprint density at radius 1 is 0.548 bits per heavy atom. The highest BCUT2D eigenvalue weighted by atomic mass is 15.0. The van der Waals surface area contributed by atoms with Crippen LogP contribution in [0.15, 0.2) is 91.0 Å². The molecule has 0 aliphatic carbocycles. The van der Waals surface area contributed by atoms with E-state index in [0.717, 1.165) is 6.54 Å². The quantitative estimate of drug-likeness (QED) is 0.245. The molecule has 0 unspecified atom stereocenters. The van der Waals surface area contributed by atoms with Crippen molar-refractivity contribution in [3.63, 3.8) is 0 Å². The van der Waals surface area contributed by atoms with Gasteiger partial charge in [-0.2, -0.15) is 0 Å². The van der Waals surface area contributed by atoms with Crippen molar-refractivity contribution in [3.8, 4) is 0 Å². The minimum atomic E-state index is 1.14. The second-order valence-electron chi connectivity index (χ2n) is 7.83. The molecule has 2 nitrogen and oxygen atoms in total. The van der Waals surface area contributed by atoms with E-state index < -0.39 is 0 Å². The fraction of sp³-hybridized carbons (Fsp3) is 0.172. The zero-order chi connectivity index (χ0) is 21.4. The van der Waals surface area contributed by atoms with E-state index >= 15 is 0 Å². The van der Waals surface area contributed by atoms with Crippen LogP contribution in [-0.4, -0.2) is 9.13 Å². The zero-order valence-corrected chi connectivity index (χ0v) is 18.5. The summed E-state index contributed by atoms with van der Waals surface area (Å²) in [5.41, 5.74) is 6.95. The van der Waals surface area contributed by atoms with Gasteiger partial charge in [-0.3, -0.25) is 0 Å². The molecule has 2 aromatic heterocycles. The van der Waals surface area contributed by atoms with Crippen molar-refractivity contribution in [2.24, 2.45) is 7.05 Å². The first-order valence-electron chi connectivity index (χ1n) is 11.2. The van der Waals surface area contributed by atoms with E-state index in [-0.39, 0.29) is 0 Å². The zero-order valence-electron chi connectivity index (χ0n) is 18.5. The lowest BCUT2D eigenvalue weighted by Crippen LogP contribution is -1.90. The second kappa shape index (κ2) is 7.96. The molecule has 0 radical (unpaired) electrons. The fourth-order valence-corrected chi connectivity index (χ4v) is 4.97. The van der Waals surface area contributed by atoms with E-state index in [1.54, 1.807) is 0 Å². The van der Waals surface area contributed by atoms with Crippen LogP contribution < -0.4 is 0 Å². The minimum absolute atomic E-state index is 1.14. The lowest BCUT2D eigenvalue weighted by molar-refractivity contribution is 0.796. The Bertz CT molecular complexity index is 1460. The van der Waals surface area contributed by atoms with E-state index in [1.807, 2.05) is 13.8 Å². The first kappa shape index (κ1) is 19.4. The number of nitrogens with zero attached hydrogens (tertiary/aromatic N) is 2. The van der Waals surface area contributed by atoms with Gasteiger partial charge in [-0.05, 0) is 30.2 Å². The molecule has 2 heteroatoms. The van der Waals surface area contributed by atoms with Crippen LogP contribution in [0, 0.1) is 0 Å². The van der Waals surface area contributed by atoms with Gasteiger partial charge in [0.1, 0.15) is 0 Å². The maximum absolute atomic E-state index is 2.46. The van der Waals surface area contributed by atoms with Gasteiger partial charge in [0.2, 0.25) is 0 Å². The normalized spacial score (nSPS) is 12.1. The van der Waals surface area contributed by atoms with Gasteiger partial charge < -0.3 is 9.13 Å². The Morgan fingerprint density at radius 2 is 1.03 bits per heavy atom. The first-order chi connectivity index (χ1) is 15.3. The number of hydrogen-bond acceptors (Lipinski definition) is 0. The van der Waals surface area contributed by atoms with Crippen molar-refractivity contribution in [1.29, 1.82) is 0 Å². The molecule has 0 fully saturated rings. The van der Waals surface area contributed by atoms with Crippen LogP contribution in [-0.2, 0) is 20.0 Å². The lowest BCUT2D eigenvalue weighted by Gasteiger charge is -1.97. The van der Waals surface area contributed by atoms with E-state index in [9.17, 15) is 0 Å². The number of fused-ring (bicyclic) bond motifs is 6. The Morgan fingerprint density at radius 3 is 1.65 bits per heavy atom. The molecule has 0 bridgehead atoms. The van der Waals surface area contributed by atoms with Crippen molar-refractivity contribution in [1.82, 2.24) is 9.13 Å². The lowest BCUT2D eigenvalue weighted by atomic mass is 10.1. The summed E-state index contributed by atoms with van der Waals surface area (Å²) < 4.78 is 4.70. The average Bonchev–Trinajstić information content (AvgIpc) is 3.51. The van der Waals surface area contributed by atoms with Crippen LogP contribution in [0.4, 0.5) is 0 Å². The van der Waals surface area contributed by atoms with Gasteiger partial charge in [0, 0.05) is 51.7 Å². The Labute approximate surface area is 183 Å². The van der Waals surface area contributed by atoms with Crippen molar-refractivity contribution in [2.75, 3.05) is 0 Å². The largest absolute Gasteiger partial charge is 0.344 e. The Balaban J connectivity index is 0.000000123. The molecule has 0 N–H and O–H groups in total. The predicted molar refractivity (Wildman–Crippen MR) is 135 cm³/mol. The molecule has 3 heterocycles.